The lowest BCUT2D eigenvalue weighted by molar-refractivity contribution is 0.316. The van der Waals surface area contributed by atoms with Gasteiger partial charge in [-0.15, -0.1) is 0 Å². The molecule has 3 heteroatoms. The highest BCUT2D eigenvalue weighted by molar-refractivity contribution is 5.24. The van der Waals surface area contributed by atoms with Gasteiger partial charge in [0.15, 0.2) is 0 Å². The van der Waals surface area contributed by atoms with E-state index < -0.39 is 6.67 Å². The van der Waals surface area contributed by atoms with Gasteiger partial charge in [-0.25, -0.2) is 9.37 Å². The number of nitrogens with zero attached hydrogens (tertiary/aromatic N) is 1. The Morgan fingerprint density at radius 2 is 2.45 bits per heavy atom. The predicted molar refractivity (Wildman–Crippen MR) is 40.2 cm³/mol. The summed E-state index contributed by atoms with van der Waals surface area (Å²) in [6.07, 6.45) is 1.59. The third-order valence-electron chi connectivity index (χ3n) is 1.27. The molecule has 0 atom stereocenters. The molecule has 0 amide bonds. The number of ether oxygens (including phenoxy) is 1. The molecule has 2 nitrogen and oxygen atoms in total. The van der Waals surface area contributed by atoms with Gasteiger partial charge in [0.1, 0.15) is 6.67 Å². The highest BCUT2D eigenvalue weighted by Crippen LogP contribution is 2.14. The summed E-state index contributed by atoms with van der Waals surface area (Å²) in [6.45, 7) is 1.84. The van der Waals surface area contributed by atoms with Crippen LogP contribution in [0.3, 0.4) is 0 Å². The maximum absolute atomic E-state index is 12.2. The van der Waals surface area contributed by atoms with Crippen LogP contribution in [0.4, 0.5) is 4.39 Å². The number of pyridine rings is 1. The lowest BCUT2D eigenvalue weighted by Crippen LogP contribution is -1.97. The minimum Gasteiger partial charge on any atom is -0.478 e. The molecule has 1 rings (SSSR count). The molecule has 0 saturated heterocycles. The van der Waals surface area contributed by atoms with Crippen molar-refractivity contribution >= 4 is 0 Å². The Morgan fingerprint density at radius 3 is 3.09 bits per heavy atom. The molecule has 0 fully saturated rings. The topological polar surface area (TPSA) is 22.1 Å². The average Bonchev–Trinajstić information content (AvgIpc) is 2.06. The van der Waals surface area contributed by atoms with Gasteiger partial charge in [0.05, 0.1) is 6.61 Å². The molecule has 0 N–H and O–H groups in total. The van der Waals surface area contributed by atoms with Crippen molar-refractivity contribution in [1.82, 2.24) is 4.98 Å². The van der Waals surface area contributed by atoms with Crippen LogP contribution in [0.15, 0.2) is 18.3 Å². The predicted octanol–water partition coefficient (Wildman–Crippen LogP) is 1.95. The number of alkyl halides is 1. The highest BCUT2D eigenvalue weighted by atomic mass is 19.1. The van der Waals surface area contributed by atoms with Gasteiger partial charge in [-0.05, 0) is 19.1 Å². The van der Waals surface area contributed by atoms with Crippen molar-refractivity contribution in [2.45, 2.75) is 13.6 Å². The third kappa shape index (κ3) is 1.90. The SMILES string of the molecule is CCOc1ncccc1CF. The summed E-state index contributed by atoms with van der Waals surface area (Å²) in [7, 11) is 0. The van der Waals surface area contributed by atoms with Gasteiger partial charge in [-0.2, -0.15) is 0 Å². The molecular weight excluding hydrogens is 145 g/mol. The van der Waals surface area contributed by atoms with Crippen molar-refractivity contribution in [3.8, 4) is 5.88 Å². The monoisotopic (exact) mass is 155 g/mol. The smallest absolute Gasteiger partial charge is 0.219 e. The summed E-state index contributed by atoms with van der Waals surface area (Å²) in [5, 5.41) is 0. The van der Waals surface area contributed by atoms with Crippen LogP contribution < -0.4 is 4.74 Å². The second-order valence-electron chi connectivity index (χ2n) is 2.03. The van der Waals surface area contributed by atoms with Crippen molar-refractivity contribution in [2.24, 2.45) is 0 Å². The number of hydrogen-bond acceptors (Lipinski definition) is 2. The summed E-state index contributed by atoms with van der Waals surface area (Å²) in [5.74, 6) is 0.400. The van der Waals surface area contributed by atoms with E-state index in [2.05, 4.69) is 4.98 Å². The molecular formula is C8H10FNO. The number of rotatable bonds is 3. The van der Waals surface area contributed by atoms with E-state index in [0.29, 0.717) is 18.1 Å². The zero-order valence-electron chi connectivity index (χ0n) is 6.38. The van der Waals surface area contributed by atoms with Crippen molar-refractivity contribution in [1.29, 1.82) is 0 Å². The minimum atomic E-state index is -0.525. The summed E-state index contributed by atoms with van der Waals surface area (Å²) in [6, 6.07) is 3.36. The van der Waals surface area contributed by atoms with Crippen LogP contribution >= 0.6 is 0 Å². The van der Waals surface area contributed by atoms with Crippen LogP contribution in [0.25, 0.3) is 0 Å². The normalized spacial score (nSPS) is 9.64. The van der Waals surface area contributed by atoms with Gasteiger partial charge in [0.25, 0.3) is 0 Å². The maximum atomic E-state index is 12.2. The highest BCUT2D eigenvalue weighted by Gasteiger charge is 2.01. The Bertz CT molecular complexity index is 227. The van der Waals surface area contributed by atoms with Gasteiger partial charge >= 0.3 is 0 Å². The Morgan fingerprint density at radius 1 is 1.64 bits per heavy atom. The van der Waals surface area contributed by atoms with E-state index in [-0.39, 0.29) is 0 Å². The Kier molecular flexibility index (Phi) is 2.83. The van der Waals surface area contributed by atoms with Gasteiger partial charge in [0, 0.05) is 11.8 Å². The third-order valence-corrected chi connectivity index (χ3v) is 1.27. The Labute approximate surface area is 65.0 Å². The lowest BCUT2D eigenvalue weighted by Gasteiger charge is -2.04. The molecule has 0 aromatic carbocycles. The fraction of sp³-hybridized carbons (Fsp3) is 0.375. The van der Waals surface area contributed by atoms with Crippen LogP contribution in [-0.4, -0.2) is 11.6 Å². The second-order valence-corrected chi connectivity index (χ2v) is 2.03. The van der Waals surface area contributed by atoms with E-state index in [1.54, 1.807) is 18.3 Å². The molecule has 1 aromatic rings. The quantitative estimate of drug-likeness (QED) is 0.665. The molecule has 11 heavy (non-hydrogen) atoms. The fourth-order valence-corrected chi connectivity index (χ4v) is 0.793. The van der Waals surface area contributed by atoms with E-state index in [1.165, 1.54) is 0 Å². The van der Waals surface area contributed by atoms with Crippen molar-refractivity contribution in [2.75, 3.05) is 6.61 Å². The fourth-order valence-electron chi connectivity index (χ4n) is 0.793. The zero-order chi connectivity index (χ0) is 8.10. The van der Waals surface area contributed by atoms with Crippen molar-refractivity contribution in [3.63, 3.8) is 0 Å². The lowest BCUT2D eigenvalue weighted by atomic mass is 10.3. The Hall–Kier alpha value is -1.12. The van der Waals surface area contributed by atoms with E-state index >= 15 is 0 Å². The largest absolute Gasteiger partial charge is 0.478 e. The second kappa shape index (κ2) is 3.91. The number of halogens is 1. The molecule has 1 aromatic heterocycles. The van der Waals surface area contributed by atoms with E-state index in [1.807, 2.05) is 6.92 Å². The molecule has 0 unspecified atom stereocenters. The molecule has 0 saturated carbocycles. The Balaban J connectivity index is 2.83. The summed E-state index contributed by atoms with van der Waals surface area (Å²) < 4.78 is 17.3. The first-order chi connectivity index (χ1) is 5.38. The van der Waals surface area contributed by atoms with Crippen LogP contribution in [0, 0.1) is 0 Å². The molecule has 0 radical (unpaired) electrons. The molecule has 0 aliphatic rings. The van der Waals surface area contributed by atoms with Gasteiger partial charge < -0.3 is 4.74 Å². The number of hydrogen-bond donors (Lipinski definition) is 0. The summed E-state index contributed by atoms with van der Waals surface area (Å²) in [4.78, 5) is 3.88. The van der Waals surface area contributed by atoms with E-state index in [0.717, 1.165) is 0 Å². The summed E-state index contributed by atoms with van der Waals surface area (Å²) in [5.41, 5.74) is 0.509. The molecule has 0 aliphatic carbocycles. The van der Waals surface area contributed by atoms with Crippen LogP contribution in [0.1, 0.15) is 12.5 Å². The summed E-state index contributed by atoms with van der Waals surface area (Å²) >= 11 is 0. The molecule has 0 bridgehead atoms. The van der Waals surface area contributed by atoms with Crippen molar-refractivity contribution in [3.05, 3.63) is 23.9 Å². The van der Waals surface area contributed by atoms with Gasteiger partial charge in [-0.3, -0.25) is 0 Å². The van der Waals surface area contributed by atoms with Crippen LogP contribution in [-0.2, 0) is 6.67 Å². The van der Waals surface area contributed by atoms with Crippen molar-refractivity contribution < 1.29 is 9.13 Å². The van der Waals surface area contributed by atoms with Gasteiger partial charge in [0.2, 0.25) is 5.88 Å². The molecule has 60 valence electrons. The molecule has 1 heterocycles. The average molecular weight is 155 g/mol. The number of aromatic nitrogens is 1. The standard InChI is InChI=1S/C8H10FNO/c1-2-11-8-7(6-9)4-3-5-10-8/h3-5H,2,6H2,1H3. The first kappa shape index (κ1) is 7.98. The first-order valence-corrected chi connectivity index (χ1v) is 3.51. The van der Waals surface area contributed by atoms with E-state index in [9.17, 15) is 4.39 Å². The zero-order valence-corrected chi connectivity index (χ0v) is 6.38. The maximum Gasteiger partial charge on any atom is 0.219 e. The van der Waals surface area contributed by atoms with Gasteiger partial charge in [-0.1, -0.05) is 0 Å². The van der Waals surface area contributed by atoms with E-state index in [4.69, 9.17) is 4.74 Å². The first-order valence-electron chi connectivity index (χ1n) is 3.51. The van der Waals surface area contributed by atoms with Crippen LogP contribution in [0.5, 0.6) is 5.88 Å². The minimum absolute atomic E-state index is 0.400. The van der Waals surface area contributed by atoms with Crippen LogP contribution in [0.2, 0.25) is 0 Å². The molecule has 0 aliphatic heterocycles. The molecule has 0 spiro atoms.